The molecule has 6 heteroatoms. The van der Waals surface area contributed by atoms with E-state index in [0.29, 0.717) is 18.5 Å². The second kappa shape index (κ2) is 8.08. The number of ether oxygens (including phenoxy) is 1. The van der Waals surface area contributed by atoms with E-state index in [2.05, 4.69) is 4.72 Å². The summed E-state index contributed by atoms with van der Waals surface area (Å²) in [5.41, 5.74) is 1.69. The molecule has 4 nitrogen and oxygen atoms in total. The number of halogens is 1. The Labute approximate surface area is 136 Å². The fourth-order valence-electron chi connectivity index (χ4n) is 2.16. The Morgan fingerprint density at radius 3 is 2.22 bits per heavy atom. The molecule has 0 saturated heterocycles. The van der Waals surface area contributed by atoms with Gasteiger partial charge in [-0.25, -0.2) is 17.5 Å². The van der Waals surface area contributed by atoms with Crippen LogP contribution in [0, 0.1) is 5.82 Å². The van der Waals surface area contributed by atoms with Crippen molar-refractivity contribution in [2.24, 2.45) is 0 Å². The Hall–Kier alpha value is -1.92. The van der Waals surface area contributed by atoms with Crippen molar-refractivity contribution in [3.63, 3.8) is 0 Å². The summed E-state index contributed by atoms with van der Waals surface area (Å²) in [7, 11) is -1.79. The van der Waals surface area contributed by atoms with E-state index in [-0.39, 0.29) is 11.6 Å². The van der Waals surface area contributed by atoms with E-state index in [1.165, 1.54) is 24.3 Å². The van der Waals surface area contributed by atoms with E-state index >= 15 is 0 Å². The highest BCUT2D eigenvalue weighted by atomic mass is 32.2. The number of methoxy groups -OCH3 is 1. The minimum Gasteiger partial charge on any atom is -0.497 e. The lowest BCUT2D eigenvalue weighted by atomic mass is 10.1. The molecule has 2 rings (SSSR count). The summed E-state index contributed by atoms with van der Waals surface area (Å²) in [6, 6.07) is 13.2. The Balaban J connectivity index is 1.76. The zero-order valence-corrected chi connectivity index (χ0v) is 13.8. The molecular weight excluding hydrogens is 317 g/mol. The lowest BCUT2D eigenvalue weighted by Crippen LogP contribution is -2.26. The van der Waals surface area contributed by atoms with Crippen LogP contribution in [0.2, 0.25) is 0 Å². The van der Waals surface area contributed by atoms with Crippen LogP contribution in [0.25, 0.3) is 0 Å². The first kappa shape index (κ1) is 17.4. The zero-order chi connectivity index (χ0) is 16.7. The lowest BCUT2D eigenvalue weighted by molar-refractivity contribution is 0.414. The van der Waals surface area contributed by atoms with E-state index < -0.39 is 10.0 Å². The van der Waals surface area contributed by atoms with E-state index in [1.54, 1.807) is 7.11 Å². The number of nitrogens with one attached hydrogen (secondary N) is 1. The van der Waals surface area contributed by atoms with Gasteiger partial charge in [-0.2, -0.15) is 0 Å². The van der Waals surface area contributed by atoms with Gasteiger partial charge in [-0.15, -0.1) is 0 Å². The quantitative estimate of drug-likeness (QED) is 0.754. The van der Waals surface area contributed by atoms with Gasteiger partial charge in [0.1, 0.15) is 11.6 Å². The Bertz CT molecular complexity index is 713. The first-order chi connectivity index (χ1) is 11.0. The Morgan fingerprint density at radius 2 is 1.61 bits per heavy atom. The summed E-state index contributed by atoms with van der Waals surface area (Å²) < 4.78 is 44.4. The molecule has 0 aliphatic carbocycles. The third-order valence-electron chi connectivity index (χ3n) is 3.39. The number of benzene rings is 2. The first-order valence-electron chi connectivity index (χ1n) is 7.33. The van der Waals surface area contributed by atoms with Crippen molar-refractivity contribution in [1.82, 2.24) is 4.72 Å². The molecule has 0 spiro atoms. The highest BCUT2D eigenvalue weighted by molar-refractivity contribution is 7.88. The number of aryl methyl sites for hydroxylation is 1. The van der Waals surface area contributed by atoms with Crippen molar-refractivity contribution in [2.75, 3.05) is 13.7 Å². The third-order valence-corrected chi connectivity index (χ3v) is 4.75. The molecule has 0 amide bonds. The second-order valence-corrected chi connectivity index (χ2v) is 7.04. The van der Waals surface area contributed by atoms with Gasteiger partial charge in [-0.05, 0) is 48.2 Å². The molecule has 0 bridgehead atoms. The molecule has 0 atom stereocenters. The van der Waals surface area contributed by atoms with Gasteiger partial charge < -0.3 is 4.74 Å². The van der Waals surface area contributed by atoms with Crippen molar-refractivity contribution in [1.29, 1.82) is 0 Å². The SMILES string of the molecule is COc1ccc(CCCNS(=O)(=O)Cc2ccc(F)cc2)cc1. The predicted molar refractivity (Wildman–Crippen MR) is 88.3 cm³/mol. The van der Waals surface area contributed by atoms with Gasteiger partial charge in [0.05, 0.1) is 12.9 Å². The predicted octanol–water partition coefficient (Wildman–Crippen LogP) is 2.89. The molecule has 23 heavy (non-hydrogen) atoms. The summed E-state index contributed by atoms with van der Waals surface area (Å²) in [5.74, 6) is 0.280. The molecule has 0 saturated carbocycles. The van der Waals surface area contributed by atoms with Crippen LogP contribution in [0.1, 0.15) is 17.5 Å². The molecular formula is C17H20FNO3S. The maximum atomic E-state index is 12.8. The summed E-state index contributed by atoms with van der Waals surface area (Å²) in [6.07, 6.45) is 1.48. The van der Waals surface area contributed by atoms with E-state index in [9.17, 15) is 12.8 Å². The minimum atomic E-state index is -3.41. The fourth-order valence-corrected chi connectivity index (χ4v) is 3.35. The van der Waals surface area contributed by atoms with Crippen LogP contribution >= 0.6 is 0 Å². The maximum Gasteiger partial charge on any atom is 0.215 e. The molecule has 0 aliphatic rings. The number of hydrogen-bond donors (Lipinski definition) is 1. The van der Waals surface area contributed by atoms with Crippen molar-refractivity contribution in [3.8, 4) is 5.75 Å². The molecule has 2 aromatic rings. The van der Waals surface area contributed by atoms with Gasteiger partial charge in [0.25, 0.3) is 0 Å². The van der Waals surface area contributed by atoms with Crippen molar-refractivity contribution in [3.05, 3.63) is 65.5 Å². The lowest BCUT2D eigenvalue weighted by Gasteiger charge is -2.07. The molecule has 1 N–H and O–H groups in total. The van der Waals surface area contributed by atoms with Crippen molar-refractivity contribution >= 4 is 10.0 Å². The minimum absolute atomic E-state index is 0.143. The van der Waals surface area contributed by atoms with Gasteiger partial charge >= 0.3 is 0 Å². The van der Waals surface area contributed by atoms with Crippen LogP contribution < -0.4 is 9.46 Å². The summed E-state index contributed by atoms with van der Waals surface area (Å²) in [5, 5.41) is 0. The van der Waals surface area contributed by atoms with E-state index in [4.69, 9.17) is 4.74 Å². The Kier molecular flexibility index (Phi) is 6.12. The molecule has 2 aromatic carbocycles. The van der Waals surface area contributed by atoms with Gasteiger partial charge in [0.2, 0.25) is 10.0 Å². The number of rotatable bonds is 8. The average Bonchev–Trinajstić information content (AvgIpc) is 2.54. The molecule has 0 radical (unpaired) electrons. The topological polar surface area (TPSA) is 55.4 Å². The van der Waals surface area contributed by atoms with Crippen LogP contribution in [-0.2, 0) is 22.2 Å². The average molecular weight is 337 g/mol. The van der Waals surface area contributed by atoms with Crippen LogP contribution in [0.4, 0.5) is 4.39 Å². The number of sulfonamides is 1. The third kappa shape index (κ3) is 6.00. The largest absolute Gasteiger partial charge is 0.497 e. The smallest absolute Gasteiger partial charge is 0.215 e. The molecule has 0 aromatic heterocycles. The summed E-state index contributed by atoms with van der Waals surface area (Å²) in [6.45, 7) is 0.371. The van der Waals surface area contributed by atoms with Crippen LogP contribution in [0.5, 0.6) is 5.75 Å². The van der Waals surface area contributed by atoms with E-state index in [0.717, 1.165) is 17.7 Å². The van der Waals surface area contributed by atoms with Gasteiger partial charge in [-0.1, -0.05) is 24.3 Å². The normalized spacial score (nSPS) is 11.4. The van der Waals surface area contributed by atoms with Crippen LogP contribution in [-0.4, -0.2) is 22.1 Å². The molecule has 0 fully saturated rings. The van der Waals surface area contributed by atoms with Crippen LogP contribution in [0.3, 0.4) is 0 Å². The van der Waals surface area contributed by atoms with Gasteiger partial charge in [0.15, 0.2) is 0 Å². The zero-order valence-electron chi connectivity index (χ0n) is 13.0. The molecule has 0 aliphatic heterocycles. The highest BCUT2D eigenvalue weighted by Gasteiger charge is 2.10. The summed E-state index contributed by atoms with van der Waals surface area (Å²) >= 11 is 0. The van der Waals surface area contributed by atoms with Gasteiger partial charge in [-0.3, -0.25) is 0 Å². The highest BCUT2D eigenvalue weighted by Crippen LogP contribution is 2.12. The van der Waals surface area contributed by atoms with Gasteiger partial charge in [0, 0.05) is 6.54 Å². The maximum absolute atomic E-state index is 12.8. The number of hydrogen-bond acceptors (Lipinski definition) is 3. The van der Waals surface area contributed by atoms with Crippen molar-refractivity contribution in [2.45, 2.75) is 18.6 Å². The molecule has 0 unspecified atom stereocenters. The standard InChI is InChI=1S/C17H20FNO3S/c1-22-17-10-6-14(7-11-17)3-2-12-19-23(20,21)13-15-4-8-16(18)9-5-15/h4-11,19H,2-3,12-13H2,1H3. The molecule has 124 valence electrons. The monoisotopic (exact) mass is 337 g/mol. The Morgan fingerprint density at radius 1 is 1.00 bits per heavy atom. The first-order valence-corrected chi connectivity index (χ1v) is 8.98. The van der Waals surface area contributed by atoms with E-state index in [1.807, 2.05) is 24.3 Å². The second-order valence-electron chi connectivity index (χ2n) is 5.23. The van der Waals surface area contributed by atoms with Crippen molar-refractivity contribution < 1.29 is 17.5 Å². The molecule has 0 heterocycles. The summed E-state index contributed by atoms with van der Waals surface area (Å²) in [4.78, 5) is 0. The van der Waals surface area contributed by atoms with Crippen LogP contribution in [0.15, 0.2) is 48.5 Å². The fraction of sp³-hybridized carbons (Fsp3) is 0.294.